The molecular weight excluding hydrogens is 410 g/mol. The number of benzene rings is 2. The summed E-state index contributed by atoms with van der Waals surface area (Å²) in [5, 5.41) is 3.00. The van der Waals surface area contributed by atoms with Gasteiger partial charge in [0.2, 0.25) is 15.9 Å². The number of hydrogen-bond donors (Lipinski definition) is 1. The van der Waals surface area contributed by atoms with Crippen LogP contribution in [0.3, 0.4) is 0 Å². The quantitative estimate of drug-likeness (QED) is 0.747. The predicted octanol–water partition coefficient (Wildman–Crippen LogP) is 3.31. The smallest absolute Gasteiger partial charge is 0.243 e. The van der Waals surface area contributed by atoms with Gasteiger partial charge in [-0.25, -0.2) is 8.42 Å². The van der Waals surface area contributed by atoms with E-state index in [-0.39, 0.29) is 23.3 Å². The summed E-state index contributed by atoms with van der Waals surface area (Å²) in [6.07, 6.45) is 3.89. The van der Waals surface area contributed by atoms with Crippen molar-refractivity contribution in [2.45, 2.75) is 44.0 Å². The van der Waals surface area contributed by atoms with Crippen molar-refractivity contribution < 1.29 is 13.2 Å². The van der Waals surface area contributed by atoms with E-state index in [1.807, 2.05) is 6.92 Å². The summed E-state index contributed by atoms with van der Waals surface area (Å²) in [6, 6.07) is 15.2. The maximum Gasteiger partial charge on any atom is 0.243 e. The fraction of sp³-hybridized carbons (Fsp3) is 0.458. The Morgan fingerprint density at radius 1 is 0.968 bits per heavy atom. The summed E-state index contributed by atoms with van der Waals surface area (Å²) in [6.45, 7) is 5.30. The molecule has 4 rings (SSSR count). The lowest BCUT2D eigenvalue weighted by atomic mass is 9.98. The number of carbonyl (C=O) groups is 1. The Morgan fingerprint density at radius 2 is 1.65 bits per heavy atom. The van der Waals surface area contributed by atoms with E-state index in [1.54, 1.807) is 24.3 Å². The van der Waals surface area contributed by atoms with Crippen LogP contribution in [0, 0.1) is 12.8 Å². The van der Waals surface area contributed by atoms with Gasteiger partial charge in [0.25, 0.3) is 0 Å². The van der Waals surface area contributed by atoms with E-state index in [4.69, 9.17) is 0 Å². The molecule has 166 valence electrons. The van der Waals surface area contributed by atoms with Gasteiger partial charge >= 0.3 is 0 Å². The number of nitrogens with one attached hydrogen (secondary N) is 1. The highest BCUT2D eigenvalue weighted by atomic mass is 32.2. The number of sulfonamides is 1. The summed E-state index contributed by atoms with van der Waals surface area (Å²) >= 11 is 0. The summed E-state index contributed by atoms with van der Waals surface area (Å²) in [4.78, 5) is 15.4. The van der Waals surface area contributed by atoms with Crippen molar-refractivity contribution in [3.8, 4) is 0 Å². The normalized spacial score (nSPS) is 20.0. The van der Waals surface area contributed by atoms with Crippen LogP contribution in [-0.2, 0) is 21.4 Å². The SMILES string of the molecule is Cc1ccc(S(=O)(=O)N2CCC[C@@H](C(=O)NCc3ccc(N4CCCC4)cc3)C2)cc1. The first-order valence-electron chi connectivity index (χ1n) is 11.1. The first-order chi connectivity index (χ1) is 14.9. The molecule has 31 heavy (non-hydrogen) atoms. The molecule has 1 N–H and O–H groups in total. The second-order valence-corrected chi connectivity index (χ2v) is 10.5. The maximum atomic E-state index is 13.0. The third-order valence-corrected chi connectivity index (χ3v) is 8.17. The predicted molar refractivity (Wildman–Crippen MR) is 122 cm³/mol. The molecule has 0 bridgehead atoms. The lowest BCUT2D eigenvalue weighted by molar-refractivity contribution is -0.126. The molecule has 2 aliphatic rings. The van der Waals surface area contributed by atoms with Crippen molar-refractivity contribution in [1.82, 2.24) is 9.62 Å². The van der Waals surface area contributed by atoms with E-state index < -0.39 is 10.0 Å². The Morgan fingerprint density at radius 3 is 2.32 bits per heavy atom. The molecule has 2 fully saturated rings. The number of nitrogens with zero attached hydrogens (tertiary/aromatic N) is 2. The maximum absolute atomic E-state index is 13.0. The molecule has 7 heteroatoms. The van der Waals surface area contributed by atoms with Crippen molar-refractivity contribution in [3.63, 3.8) is 0 Å². The van der Waals surface area contributed by atoms with Crippen LogP contribution >= 0.6 is 0 Å². The second kappa shape index (κ2) is 9.40. The highest BCUT2D eigenvalue weighted by Gasteiger charge is 2.33. The van der Waals surface area contributed by atoms with Gasteiger partial charge in [0.05, 0.1) is 10.8 Å². The van der Waals surface area contributed by atoms with Crippen molar-refractivity contribution >= 4 is 21.6 Å². The molecule has 2 aromatic rings. The molecule has 0 unspecified atom stereocenters. The van der Waals surface area contributed by atoms with Crippen molar-refractivity contribution in [2.75, 3.05) is 31.1 Å². The Hall–Kier alpha value is -2.38. The third-order valence-electron chi connectivity index (χ3n) is 6.29. The minimum Gasteiger partial charge on any atom is -0.372 e. The fourth-order valence-electron chi connectivity index (χ4n) is 4.37. The van der Waals surface area contributed by atoms with Gasteiger partial charge in [0, 0.05) is 38.4 Å². The molecule has 0 aliphatic carbocycles. The highest BCUT2D eigenvalue weighted by molar-refractivity contribution is 7.89. The fourth-order valence-corrected chi connectivity index (χ4v) is 5.89. The molecule has 0 radical (unpaired) electrons. The number of piperidine rings is 1. The zero-order valence-corrected chi connectivity index (χ0v) is 18.9. The van der Waals surface area contributed by atoms with Crippen LogP contribution in [0.15, 0.2) is 53.4 Å². The lowest BCUT2D eigenvalue weighted by Crippen LogP contribution is -2.45. The van der Waals surface area contributed by atoms with E-state index in [9.17, 15) is 13.2 Å². The molecule has 2 heterocycles. The second-order valence-electron chi connectivity index (χ2n) is 8.59. The van der Waals surface area contributed by atoms with Gasteiger partial charge in [-0.1, -0.05) is 29.8 Å². The van der Waals surface area contributed by atoms with Gasteiger partial charge < -0.3 is 10.2 Å². The third kappa shape index (κ3) is 5.10. The molecule has 0 spiro atoms. The molecule has 1 atom stereocenters. The molecular formula is C24H31N3O3S. The number of aryl methyl sites for hydroxylation is 1. The number of carbonyl (C=O) groups excluding carboxylic acids is 1. The van der Waals surface area contributed by atoms with Gasteiger partial charge in [-0.15, -0.1) is 0 Å². The van der Waals surface area contributed by atoms with Gasteiger partial charge in [-0.05, 0) is 62.4 Å². The number of anilines is 1. The van der Waals surface area contributed by atoms with Crippen LogP contribution in [0.1, 0.15) is 36.8 Å². The average molecular weight is 442 g/mol. The van der Waals surface area contributed by atoms with Gasteiger partial charge in [0.15, 0.2) is 0 Å². The number of amides is 1. The molecule has 2 saturated heterocycles. The number of rotatable bonds is 6. The largest absolute Gasteiger partial charge is 0.372 e. The Kier molecular flexibility index (Phi) is 6.62. The monoisotopic (exact) mass is 441 g/mol. The van der Waals surface area contributed by atoms with Crippen LogP contribution in [0.2, 0.25) is 0 Å². The van der Waals surface area contributed by atoms with Crippen LogP contribution in [0.4, 0.5) is 5.69 Å². The summed E-state index contributed by atoms with van der Waals surface area (Å²) in [5.41, 5.74) is 3.30. The standard InChI is InChI=1S/C24H31N3O3S/c1-19-6-12-23(13-7-19)31(29,30)27-16-4-5-21(18-27)24(28)25-17-20-8-10-22(11-9-20)26-14-2-3-15-26/h6-13,21H,2-5,14-18H2,1H3,(H,25,28)/t21-/m1/s1. The van der Waals surface area contributed by atoms with Crippen molar-refractivity contribution in [2.24, 2.45) is 5.92 Å². The summed E-state index contributed by atoms with van der Waals surface area (Å²) < 4.78 is 27.4. The van der Waals surface area contributed by atoms with Gasteiger partial charge in [0.1, 0.15) is 0 Å². The molecule has 6 nitrogen and oxygen atoms in total. The molecule has 0 saturated carbocycles. The topological polar surface area (TPSA) is 69.7 Å². The molecule has 1 amide bonds. The van der Waals surface area contributed by atoms with E-state index in [0.29, 0.717) is 25.9 Å². The van der Waals surface area contributed by atoms with E-state index in [0.717, 1.165) is 24.2 Å². The minimum absolute atomic E-state index is 0.0765. The molecule has 0 aromatic heterocycles. The first kappa shape index (κ1) is 21.8. The van der Waals surface area contributed by atoms with E-state index in [2.05, 4.69) is 34.5 Å². The van der Waals surface area contributed by atoms with Crippen molar-refractivity contribution in [1.29, 1.82) is 0 Å². The molecule has 2 aliphatic heterocycles. The van der Waals surface area contributed by atoms with Crippen LogP contribution in [-0.4, -0.2) is 44.8 Å². The molecule has 2 aromatic carbocycles. The van der Waals surface area contributed by atoms with E-state index in [1.165, 1.54) is 22.8 Å². The Balaban J connectivity index is 1.34. The van der Waals surface area contributed by atoms with Crippen molar-refractivity contribution in [3.05, 3.63) is 59.7 Å². The Bertz CT molecular complexity index is 997. The Labute approximate surface area is 185 Å². The zero-order valence-electron chi connectivity index (χ0n) is 18.1. The van der Waals surface area contributed by atoms with Crippen LogP contribution in [0.5, 0.6) is 0 Å². The number of hydrogen-bond acceptors (Lipinski definition) is 4. The minimum atomic E-state index is -3.58. The average Bonchev–Trinajstić information content (AvgIpc) is 3.33. The highest BCUT2D eigenvalue weighted by Crippen LogP contribution is 2.25. The van der Waals surface area contributed by atoms with Gasteiger partial charge in [-0.2, -0.15) is 4.31 Å². The summed E-state index contributed by atoms with van der Waals surface area (Å²) in [7, 11) is -3.58. The van der Waals surface area contributed by atoms with Gasteiger partial charge in [-0.3, -0.25) is 4.79 Å². The lowest BCUT2D eigenvalue weighted by Gasteiger charge is -2.31. The van der Waals surface area contributed by atoms with E-state index >= 15 is 0 Å². The first-order valence-corrected chi connectivity index (χ1v) is 12.6. The zero-order chi connectivity index (χ0) is 21.8. The van der Waals surface area contributed by atoms with Crippen LogP contribution in [0.25, 0.3) is 0 Å². The summed E-state index contributed by atoms with van der Waals surface area (Å²) in [5.74, 6) is -0.398. The van der Waals surface area contributed by atoms with Crippen LogP contribution < -0.4 is 10.2 Å².